The quantitative estimate of drug-likeness (QED) is 0.811. The Bertz CT molecular complexity index is 365. The van der Waals surface area contributed by atoms with E-state index in [1.807, 2.05) is 19.1 Å². The summed E-state index contributed by atoms with van der Waals surface area (Å²) in [7, 11) is 0. The predicted octanol–water partition coefficient (Wildman–Crippen LogP) is 4.06. The second kappa shape index (κ2) is 5.18. The molecule has 94 valence electrons. The van der Waals surface area contributed by atoms with Crippen molar-refractivity contribution >= 4 is 0 Å². The Morgan fingerprint density at radius 1 is 1.35 bits per heavy atom. The molecule has 1 nitrogen and oxygen atoms in total. The van der Waals surface area contributed by atoms with Crippen molar-refractivity contribution in [3.8, 4) is 0 Å². The largest absolute Gasteiger partial charge is 0.310 e. The molecule has 1 atom stereocenters. The number of hydrogen-bond donors (Lipinski definition) is 1. The summed E-state index contributed by atoms with van der Waals surface area (Å²) in [6.07, 6.45) is 5.22. The van der Waals surface area contributed by atoms with Crippen molar-refractivity contribution in [1.29, 1.82) is 0 Å². The maximum atomic E-state index is 13.6. The molecule has 0 spiro atoms. The molecule has 0 aliphatic heterocycles. The predicted molar refractivity (Wildman–Crippen MR) is 69.4 cm³/mol. The highest BCUT2D eigenvalue weighted by molar-refractivity contribution is 5.20. The summed E-state index contributed by atoms with van der Waals surface area (Å²) in [4.78, 5) is 0. The molecule has 1 saturated carbocycles. The summed E-state index contributed by atoms with van der Waals surface area (Å²) in [5.74, 6) is -0.105. The van der Waals surface area contributed by atoms with Gasteiger partial charge in [0.1, 0.15) is 5.82 Å². The van der Waals surface area contributed by atoms with Crippen molar-refractivity contribution < 1.29 is 4.39 Å². The van der Waals surface area contributed by atoms with E-state index in [0.717, 1.165) is 12.1 Å². The van der Waals surface area contributed by atoms with Gasteiger partial charge in [-0.2, -0.15) is 0 Å². The lowest BCUT2D eigenvalue weighted by atomic mass is 9.67. The van der Waals surface area contributed by atoms with Crippen LogP contribution in [0.1, 0.15) is 51.1 Å². The molecule has 1 aliphatic carbocycles. The normalized spacial score (nSPS) is 19.7. The van der Waals surface area contributed by atoms with Gasteiger partial charge in [0.05, 0.1) is 0 Å². The van der Waals surface area contributed by atoms with Gasteiger partial charge >= 0.3 is 0 Å². The van der Waals surface area contributed by atoms with E-state index >= 15 is 0 Å². The van der Waals surface area contributed by atoms with Gasteiger partial charge in [0.15, 0.2) is 0 Å². The van der Waals surface area contributed by atoms with Crippen LogP contribution in [0.15, 0.2) is 24.3 Å². The Morgan fingerprint density at radius 3 is 2.59 bits per heavy atom. The van der Waals surface area contributed by atoms with Gasteiger partial charge in [-0.15, -0.1) is 0 Å². The maximum absolute atomic E-state index is 13.6. The van der Waals surface area contributed by atoms with E-state index in [-0.39, 0.29) is 11.9 Å². The summed E-state index contributed by atoms with van der Waals surface area (Å²) < 4.78 is 13.6. The van der Waals surface area contributed by atoms with Gasteiger partial charge in [-0.05, 0) is 37.7 Å². The van der Waals surface area contributed by atoms with Crippen LogP contribution in [0.4, 0.5) is 4.39 Å². The zero-order valence-corrected chi connectivity index (χ0v) is 10.8. The SMILES string of the molecule is CCC1(CNC(C)c2ccccc2F)CCC1. The van der Waals surface area contributed by atoms with E-state index in [0.29, 0.717) is 5.41 Å². The van der Waals surface area contributed by atoms with E-state index in [4.69, 9.17) is 0 Å². The van der Waals surface area contributed by atoms with Gasteiger partial charge in [0.2, 0.25) is 0 Å². The molecular weight excluding hydrogens is 213 g/mol. The lowest BCUT2D eigenvalue weighted by Crippen LogP contribution is -2.40. The molecule has 0 saturated heterocycles. The first-order valence-electron chi connectivity index (χ1n) is 6.65. The Balaban J connectivity index is 1.93. The van der Waals surface area contributed by atoms with Gasteiger partial charge in [-0.1, -0.05) is 31.5 Å². The highest BCUT2D eigenvalue weighted by Gasteiger charge is 2.34. The molecule has 2 rings (SSSR count). The Labute approximate surface area is 103 Å². The zero-order valence-electron chi connectivity index (χ0n) is 10.8. The van der Waals surface area contributed by atoms with Crippen LogP contribution in [-0.2, 0) is 0 Å². The van der Waals surface area contributed by atoms with Gasteiger partial charge in [0.25, 0.3) is 0 Å². The Hall–Kier alpha value is -0.890. The monoisotopic (exact) mass is 235 g/mol. The van der Waals surface area contributed by atoms with Crippen LogP contribution in [0.5, 0.6) is 0 Å². The van der Waals surface area contributed by atoms with Gasteiger partial charge < -0.3 is 5.32 Å². The smallest absolute Gasteiger partial charge is 0.127 e. The molecule has 1 N–H and O–H groups in total. The average molecular weight is 235 g/mol. The number of nitrogens with one attached hydrogen (secondary N) is 1. The average Bonchev–Trinajstić information content (AvgIpc) is 2.28. The van der Waals surface area contributed by atoms with E-state index in [1.54, 1.807) is 6.07 Å². The van der Waals surface area contributed by atoms with Crippen LogP contribution in [0, 0.1) is 11.2 Å². The van der Waals surface area contributed by atoms with E-state index in [1.165, 1.54) is 31.7 Å². The molecule has 0 amide bonds. The van der Waals surface area contributed by atoms with Crippen LogP contribution in [0.3, 0.4) is 0 Å². The molecular formula is C15H22FN. The molecule has 17 heavy (non-hydrogen) atoms. The number of hydrogen-bond acceptors (Lipinski definition) is 1. The fourth-order valence-electron chi connectivity index (χ4n) is 2.64. The first-order valence-corrected chi connectivity index (χ1v) is 6.65. The summed E-state index contributed by atoms with van der Waals surface area (Å²) in [6, 6.07) is 7.14. The molecule has 0 bridgehead atoms. The second-order valence-electron chi connectivity index (χ2n) is 5.33. The molecule has 1 aliphatic rings. The van der Waals surface area contributed by atoms with Crippen LogP contribution < -0.4 is 5.32 Å². The van der Waals surface area contributed by atoms with Crippen molar-refractivity contribution in [3.63, 3.8) is 0 Å². The minimum atomic E-state index is -0.105. The number of rotatable bonds is 5. The number of halogens is 1. The zero-order chi connectivity index (χ0) is 12.3. The van der Waals surface area contributed by atoms with Crippen LogP contribution in [0.2, 0.25) is 0 Å². The molecule has 2 heteroatoms. The van der Waals surface area contributed by atoms with Gasteiger partial charge in [-0.3, -0.25) is 0 Å². The summed E-state index contributed by atoms with van der Waals surface area (Å²) in [6.45, 7) is 5.31. The van der Waals surface area contributed by atoms with Gasteiger partial charge in [0, 0.05) is 18.2 Å². The fraction of sp³-hybridized carbons (Fsp3) is 0.600. The maximum Gasteiger partial charge on any atom is 0.127 e. The topological polar surface area (TPSA) is 12.0 Å². The summed E-state index contributed by atoms with van der Waals surface area (Å²) in [5.41, 5.74) is 1.26. The van der Waals surface area contributed by atoms with E-state index in [9.17, 15) is 4.39 Å². The highest BCUT2D eigenvalue weighted by atomic mass is 19.1. The standard InChI is InChI=1S/C15H22FN/c1-3-15(9-6-10-15)11-17-12(2)13-7-4-5-8-14(13)16/h4-5,7-8,12,17H,3,6,9-11H2,1-2H3. The van der Waals surface area contributed by atoms with Gasteiger partial charge in [-0.25, -0.2) is 4.39 Å². The van der Waals surface area contributed by atoms with E-state index < -0.39 is 0 Å². The molecule has 0 heterocycles. The van der Waals surface area contributed by atoms with Crippen molar-refractivity contribution in [1.82, 2.24) is 5.32 Å². The fourth-order valence-corrected chi connectivity index (χ4v) is 2.64. The third-order valence-corrected chi connectivity index (χ3v) is 4.32. The molecule has 1 aromatic rings. The van der Waals surface area contributed by atoms with Crippen molar-refractivity contribution in [2.24, 2.45) is 5.41 Å². The third kappa shape index (κ3) is 2.68. The van der Waals surface area contributed by atoms with Crippen molar-refractivity contribution in [2.75, 3.05) is 6.54 Å². The first-order chi connectivity index (χ1) is 8.17. The molecule has 1 fully saturated rings. The summed E-state index contributed by atoms with van der Waals surface area (Å²) >= 11 is 0. The van der Waals surface area contributed by atoms with Crippen LogP contribution in [0.25, 0.3) is 0 Å². The summed E-state index contributed by atoms with van der Waals surface area (Å²) in [5, 5.41) is 3.49. The molecule has 1 unspecified atom stereocenters. The lowest BCUT2D eigenvalue weighted by molar-refractivity contribution is 0.120. The van der Waals surface area contributed by atoms with Crippen molar-refractivity contribution in [2.45, 2.75) is 45.6 Å². The minimum Gasteiger partial charge on any atom is -0.310 e. The molecule has 0 aromatic heterocycles. The second-order valence-corrected chi connectivity index (χ2v) is 5.33. The minimum absolute atomic E-state index is 0.0974. The Kier molecular flexibility index (Phi) is 3.82. The Morgan fingerprint density at radius 2 is 2.06 bits per heavy atom. The third-order valence-electron chi connectivity index (χ3n) is 4.32. The van der Waals surface area contributed by atoms with E-state index in [2.05, 4.69) is 12.2 Å². The highest BCUT2D eigenvalue weighted by Crippen LogP contribution is 2.43. The van der Waals surface area contributed by atoms with Crippen LogP contribution in [-0.4, -0.2) is 6.54 Å². The lowest BCUT2D eigenvalue weighted by Gasteiger charge is -2.42. The first kappa shape index (κ1) is 12.6. The molecule has 0 radical (unpaired) electrons. The van der Waals surface area contributed by atoms with Crippen LogP contribution >= 0.6 is 0 Å². The van der Waals surface area contributed by atoms with Crippen molar-refractivity contribution in [3.05, 3.63) is 35.6 Å². The molecule has 1 aromatic carbocycles. The number of benzene rings is 1.